The minimum atomic E-state index is -5.08. The highest BCUT2D eigenvalue weighted by Gasteiger charge is 2.38. The lowest BCUT2D eigenvalue weighted by molar-refractivity contribution is -0.192. The molecule has 0 fully saturated rings. The number of rotatable bonds is 7. The molecule has 2 rings (SSSR count). The average Bonchev–Trinajstić information content (AvgIpc) is 2.68. The van der Waals surface area contributed by atoms with Gasteiger partial charge in [-0.2, -0.15) is 13.2 Å². The minimum Gasteiger partial charge on any atom is -0.490 e. The highest BCUT2D eigenvalue weighted by Crippen LogP contribution is 2.30. The van der Waals surface area contributed by atoms with Gasteiger partial charge in [-0.25, -0.2) is 18.0 Å². The van der Waals surface area contributed by atoms with E-state index in [9.17, 15) is 31.5 Å². The number of benzene rings is 2. The average molecular weight is 491 g/mol. The second-order valence-electron chi connectivity index (χ2n) is 6.48. The second-order valence-corrected chi connectivity index (χ2v) is 8.49. The van der Waals surface area contributed by atoms with Gasteiger partial charge in [0.15, 0.2) is 15.6 Å². The summed E-state index contributed by atoms with van der Waals surface area (Å²) >= 11 is 0. The summed E-state index contributed by atoms with van der Waals surface area (Å²) in [5.74, 6) is -4.18. The van der Waals surface area contributed by atoms with E-state index in [0.29, 0.717) is 12.0 Å². The van der Waals surface area contributed by atoms with Gasteiger partial charge in [-0.3, -0.25) is 5.41 Å². The summed E-state index contributed by atoms with van der Waals surface area (Å²) in [6.45, 7) is 0.141. The maximum Gasteiger partial charge on any atom is 0.490 e. The standard InChI is InChI=1S/C17H19N3O5S.C2HF3O2/c1-26(23,24)12-8-13(17(21)22)15(14(18)9-12)25-7-6-10-2-4-11(5-3-10)16(19)20;3-2(4,5)1(6)7/h2-5,8-9H,6-7,18H2,1H3,(H3,19,20)(H,21,22);(H,6,7). The molecule has 0 aliphatic carbocycles. The van der Waals surface area contributed by atoms with E-state index >= 15 is 0 Å². The monoisotopic (exact) mass is 491 g/mol. The Bertz CT molecular complexity index is 1150. The molecular formula is C19H20F3N3O7S. The molecule has 0 aliphatic heterocycles. The number of hydrogen-bond donors (Lipinski definition) is 5. The first-order valence-electron chi connectivity index (χ1n) is 8.77. The third-order valence-corrected chi connectivity index (χ3v) is 4.99. The number of aliphatic carboxylic acids is 1. The molecule has 0 unspecified atom stereocenters. The van der Waals surface area contributed by atoms with Gasteiger partial charge in [0.25, 0.3) is 0 Å². The lowest BCUT2D eigenvalue weighted by Crippen LogP contribution is -2.21. The normalized spacial score (nSPS) is 11.2. The highest BCUT2D eigenvalue weighted by atomic mass is 32.2. The third-order valence-electron chi connectivity index (χ3n) is 3.89. The van der Waals surface area contributed by atoms with Gasteiger partial charge in [-0.1, -0.05) is 24.3 Å². The van der Waals surface area contributed by atoms with Crippen molar-refractivity contribution in [3.8, 4) is 5.75 Å². The van der Waals surface area contributed by atoms with Crippen molar-refractivity contribution in [2.75, 3.05) is 18.6 Å². The Hall–Kier alpha value is -3.81. The van der Waals surface area contributed by atoms with Crippen LogP contribution in [0.3, 0.4) is 0 Å². The van der Waals surface area contributed by atoms with Crippen LogP contribution in [0.2, 0.25) is 0 Å². The van der Waals surface area contributed by atoms with E-state index in [4.69, 9.17) is 31.5 Å². The molecular weight excluding hydrogens is 471 g/mol. The topological polar surface area (TPSA) is 194 Å². The van der Waals surface area contributed by atoms with Gasteiger partial charge >= 0.3 is 18.1 Å². The minimum absolute atomic E-state index is 0.0300. The molecule has 2 aromatic rings. The molecule has 0 radical (unpaired) electrons. The molecule has 0 saturated carbocycles. The molecule has 0 heterocycles. The third kappa shape index (κ3) is 8.33. The van der Waals surface area contributed by atoms with Crippen LogP contribution in [0.4, 0.5) is 18.9 Å². The lowest BCUT2D eigenvalue weighted by atomic mass is 10.1. The van der Waals surface area contributed by atoms with Gasteiger partial charge < -0.3 is 26.4 Å². The first-order valence-corrected chi connectivity index (χ1v) is 10.7. The van der Waals surface area contributed by atoms with Crippen molar-refractivity contribution < 1.29 is 46.1 Å². The molecule has 0 saturated heterocycles. The van der Waals surface area contributed by atoms with Crippen molar-refractivity contribution in [1.82, 2.24) is 0 Å². The van der Waals surface area contributed by atoms with Crippen LogP contribution in [0.5, 0.6) is 5.75 Å². The lowest BCUT2D eigenvalue weighted by Gasteiger charge is -2.13. The molecule has 180 valence electrons. The fourth-order valence-electron chi connectivity index (χ4n) is 2.28. The molecule has 0 atom stereocenters. The van der Waals surface area contributed by atoms with Crippen molar-refractivity contribution in [1.29, 1.82) is 5.41 Å². The number of carbonyl (C=O) groups is 2. The van der Waals surface area contributed by atoms with Crippen molar-refractivity contribution in [3.63, 3.8) is 0 Å². The smallest absolute Gasteiger partial charge is 0.490 e. The zero-order valence-corrected chi connectivity index (χ0v) is 17.8. The van der Waals surface area contributed by atoms with Crippen LogP contribution in [0.15, 0.2) is 41.3 Å². The summed E-state index contributed by atoms with van der Waals surface area (Å²) in [4.78, 5) is 20.1. The Balaban J connectivity index is 0.000000675. The molecule has 0 amide bonds. The van der Waals surface area contributed by atoms with E-state index in [1.165, 1.54) is 6.07 Å². The van der Waals surface area contributed by atoms with Gasteiger partial charge in [0.2, 0.25) is 0 Å². The summed E-state index contributed by atoms with van der Waals surface area (Å²) in [6, 6.07) is 9.19. The molecule has 7 N–H and O–H groups in total. The van der Waals surface area contributed by atoms with Crippen molar-refractivity contribution in [3.05, 3.63) is 53.1 Å². The Morgan fingerprint density at radius 1 is 1.12 bits per heavy atom. The van der Waals surface area contributed by atoms with E-state index in [1.807, 2.05) is 0 Å². The highest BCUT2D eigenvalue weighted by molar-refractivity contribution is 7.90. The number of nitrogen functional groups attached to an aromatic ring is 2. The Morgan fingerprint density at radius 2 is 1.64 bits per heavy atom. The van der Waals surface area contributed by atoms with Gasteiger partial charge in [0.05, 0.1) is 17.2 Å². The summed E-state index contributed by atoms with van der Waals surface area (Å²) in [5, 5.41) is 23.8. The number of aromatic carboxylic acids is 1. The largest absolute Gasteiger partial charge is 0.490 e. The van der Waals surface area contributed by atoms with Crippen LogP contribution in [-0.2, 0) is 21.1 Å². The van der Waals surface area contributed by atoms with E-state index in [-0.39, 0.29) is 34.3 Å². The molecule has 0 spiro atoms. The molecule has 0 aromatic heterocycles. The molecule has 10 nitrogen and oxygen atoms in total. The predicted octanol–water partition coefficient (Wildman–Crippen LogP) is 1.91. The van der Waals surface area contributed by atoms with E-state index in [1.54, 1.807) is 24.3 Å². The number of nitrogens with two attached hydrogens (primary N) is 2. The van der Waals surface area contributed by atoms with Crippen LogP contribution in [0.25, 0.3) is 0 Å². The predicted molar refractivity (Wildman–Crippen MR) is 111 cm³/mol. The number of halogens is 3. The van der Waals surface area contributed by atoms with Crippen LogP contribution in [0, 0.1) is 5.41 Å². The summed E-state index contributed by atoms with van der Waals surface area (Å²) in [7, 11) is -3.60. The van der Waals surface area contributed by atoms with Crippen LogP contribution >= 0.6 is 0 Å². The summed E-state index contributed by atoms with van der Waals surface area (Å²) in [5.41, 5.74) is 12.3. The number of alkyl halides is 3. The van der Waals surface area contributed by atoms with Crippen LogP contribution < -0.4 is 16.2 Å². The van der Waals surface area contributed by atoms with E-state index in [2.05, 4.69) is 0 Å². The van der Waals surface area contributed by atoms with Gasteiger partial charge in [0.1, 0.15) is 11.4 Å². The number of carboxylic acids is 2. The fourth-order valence-corrected chi connectivity index (χ4v) is 2.95. The zero-order valence-electron chi connectivity index (χ0n) is 17.0. The van der Waals surface area contributed by atoms with E-state index in [0.717, 1.165) is 17.9 Å². The molecule has 0 bridgehead atoms. The number of sulfone groups is 1. The Morgan fingerprint density at radius 3 is 2.03 bits per heavy atom. The van der Waals surface area contributed by atoms with Gasteiger partial charge in [0, 0.05) is 18.2 Å². The maximum absolute atomic E-state index is 11.6. The van der Waals surface area contributed by atoms with Gasteiger partial charge in [-0.05, 0) is 17.7 Å². The zero-order chi connectivity index (χ0) is 25.6. The van der Waals surface area contributed by atoms with Crippen LogP contribution in [0.1, 0.15) is 21.5 Å². The number of nitrogens with one attached hydrogen (secondary N) is 1. The first-order chi connectivity index (χ1) is 15.0. The van der Waals surface area contributed by atoms with Crippen molar-refractivity contribution in [2.45, 2.75) is 17.5 Å². The summed E-state index contributed by atoms with van der Waals surface area (Å²) in [6.07, 6.45) is -3.65. The number of carboxylic acid groups (broad SMARTS) is 2. The maximum atomic E-state index is 11.6. The quantitative estimate of drug-likeness (QED) is 0.218. The molecule has 14 heteroatoms. The van der Waals surface area contributed by atoms with Gasteiger partial charge in [-0.15, -0.1) is 0 Å². The second kappa shape index (κ2) is 10.7. The molecule has 33 heavy (non-hydrogen) atoms. The molecule has 0 aliphatic rings. The number of hydrogen-bond acceptors (Lipinski definition) is 7. The van der Waals surface area contributed by atoms with Crippen molar-refractivity contribution in [2.24, 2.45) is 5.73 Å². The first kappa shape index (κ1) is 27.2. The summed E-state index contributed by atoms with van der Waals surface area (Å²) < 4.78 is 60.5. The number of anilines is 1. The van der Waals surface area contributed by atoms with E-state index < -0.39 is 28.0 Å². The fraction of sp³-hybridized carbons (Fsp3) is 0.211. The molecule has 2 aromatic carbocycles. The SMILES string of the molecule is CS(=O)(=O)c1cc(N)c(OCCc2ccc(C(=N)N)cc2)c(C(=O)O)c1.O=C(O)C(F)(F)F. The number of amidine groups is 1. The van der Waals surface area contributed by atoms with Crippen LogP contribution in [-0.4, -0.2) is 55.4 Å². The Kier molecular flexibility index (Phi) is 8.80. The van der Waals surface area contributed by atoms with Crippen molar-refractivity contribution >= 4 is 33.3 Å². The number of ether oxygens (including phenoxy) is 1. The Labute approximate surface area is 186 Å².